The third-order valence-corrected chi connectivity index (χ3v) is 13.0. The topological polar surface area (TPSA) is 19.6 Å². The molecule has 0 fully saturated rings. The average Bonchev–Trinajstić information content (AvgIpc) is 3.61. The van der Waals surface area contributed by atoms with Gasteiger partial charge in [0.2, 0.25) is 0 Å². The predicted octanol–water partition coefficient (Wildman–Crippen LogP) is 13.6. The van der Waals surface area contributed by atoms with E-state index < -0.39 is 23.6 Å². The highest BCUT2D eigenvalue weighted by atomic mass is 16.3. The number of furan rings is 1. The van der Waals surface area contributed by atoms with Crippen molar-refractivity contribution in [3.05, 3.63) is 137 Å². The van der Waals surface area contributed by atoms with Gasteiger partial charge in [0.1, 0.15) is 5.76 Å². The Hall–Kier alpha value is -4.96. The zero-order valence-corrected chi connectivity index (χ0v) is 37.7. The molecule has 302 valence electrons. The van der Waals surface area contributed by atoms with Crippen molar-refractivity contribution in [1.82, 2.24) is 0 Å². The molecule has 0 saturated carbocycles. The molecular formula is C55H63BN2O. The second-order valence-corrected chi connectivity index (χ2v) is 21.5. The van der Waals surface area contributed by atoms with Crippen LogP contribution in [-0.4, -0.2) is 6.71 Å². The largest absolute Gasteiger partial charge is 0.472 e. The van der Waals surface area contributed by atoms with Gasteiger partial charge in [-0.05, 0) is 123 Å². The Balaban J connectivity index is 1.44. The molecule has 0 bridgehead atoms. The first-order chi connectivity index (χ1) is 29.1. The molecule has 0 N–H and O–H groups in total. The van der Waals surface area contributed by atoms with Crippen LogP contribution in [0.3, 0.4) is 0 Å². The van der Waals surface area contributed by atoms with Crippen LogP contribution in [-0.2, 0) is 27.1 Å². The molecule has 1 aromatic heterocycles. The maximum atomic E-state index is 9.67. The van der Waals surface area contributed by atoms with E-state index in [2.05, 4.69) is 182 Å². The minimum absolute atomic E-state index is 0.0599. The highest BCUT2D eigenvalue weighted by Crippen LogP contribution is 2.55. The van der Waals surface area contributed by atoms with E-state index in [9.17, 15) is 5.48 Å². The summed E-state index contributed by atoms with van der Waals surface area (Å²) in [4.78, 5) is 4.79. The van der Waals surface area contributed by atoms with Gasteiger partial charge in [0.15, 0.2) is 0 Å². The van der Waals surface area contributed by atoms with Crippen molar-refractivity contribution in [2.24, 2.45) is 0 Å². The van der Waals surface area contributed by atoms with Gasteiger partial charge in [-0.3, -0.25) is 0 Å². The van der Waals surface area contributed by atoms with Gasteiger partial charge in [-0.25, -0.2) is 0 Å². The van der Waals surface area contributed by atoms with Crippen molar-refractivity contribution >= 4 is 57.4 Å². The van der Waals surface area contributed by atoms with E-state index in [1.165, 1.54) is 16.7 Å². The number of benzene rings is 5. The number of aryl methyl sites for hydroxylation is 1. The first-order valence-electron chi connectivity index (χ1n) is 23.5. The van der Waals surface area contributed by atoms with E-state index >= 15 is 0 Å². The summed E-state index contributed by atoms with van der Waals surface area (Å²) in [7, 11) is 0. The summed E-state index contributed by atoms with van der Waals surface area (Å²) in [6.45, 7) is 29.4. The van der Waals surface area contributed by atoms with Crippen molar-refractivity contribution in [1.29, 1.82) is 0 Å². The fraction of sp³-hybridized carbons (Fsp3) is 0.382. The zero-order chi connectivity index (χ0) is 45.8. The number of fused-ring (bicyclic) bond motifs is 6. The first kappa shape index (κ1) is 34.9. The van der Waals surface area contributed by atoms with E-state index in [1.54, 1.807) is 0 Å². The second kappa shape index (κ2) is 13.0. The zero-order valence-electron chi connectivity index (χ0n) is 41.7. The lowest BCUT2D eigenvalue weighted by molar-refractivity contribution is 0.282. The minimum Gasteiger partial charge on any atom is -0.472 e. The fourth-order valence-electron chi connectivity index (χ4n) is 9.55. The molecule has 3 heterocycles. The Bertz CT molecular complexity index is 2820. The molecule has 9 rings (SSSR count). The van der Waals surface area contributed by atoms with Crippen molar-refractivity contribution < 1.29 is 9.90 Å². The predicted molar refractivity (Wildman–Crippen MR) is 254 cm³/mol. The quantitative estimate of drug-likeness (QED) is 0.166. The van der Waals surface area contributed by atoms with Crippen molar-refractivity contribution in [3.63, 3.8) is 0 Å². The van der Waals surface area contributed by atoms with Gasteiger partial charge in [-0.1, -0.05) is 151 Å². The summed E-state index contributed by atoms with van der Waals surface area (Å²) in [6.07, 6.45) is -4.50. The third kappa shape index (κ3) is 6.31. The van der Waals surface area contributed by atoms with Gasteiger partial charge in [0.25, 0.3) is 6.71 Å². The molecule has 3 nitrogen and oxygen atoms in total. The number of anilines is 6. The van der Waals surface area contributed by atoms with E-state index in [0.717, 1.165) is 73.0 Å². The Labute approximate surface area is 360 Å². The summed E-state index contributed by atoms with van der Waals surface area (Å²) in [6, 6.07) is 38.0. The van der Waals surface area contributed by atoms with Gasteiger partial charge in [-0.15, -0.1) is 0 Å². The van der Waals surface area contributed by atoms with Crippen LogP contribution in [0.2, 0.25) is 0 Å². The normalized spacial score (nSPS) is 19.4. The van der Waals surface area contributed by atoms with Crippen LogP contribution in [0.15, 0.2) is 108 Å². The van der Waals surface area contributed by atoms with Crippen LogP contribution in [0.1, 0.15) is 142 Å². The summed E-state index contributed by atoms with van der Waals surface area (Å²) in [5.74, 6) is 0.514. The van der Waals surface area contributed by atoms with Crippen LogP contribution >= 0.6 is 0 Å². The monoisotopic (exact) mass is 783 g/mol. The van der Waals surface area contributed by atoms with Crippen molar-refractivity contribution in [2.45, 2.75) is 137 Å². The molecule has 4 heteroatoms. The van der Waals surface area contributed by atoms with E-state index in [-0.39, 0.29) is 23.0 Å². The molecule has 59 heavy (non-hydrogen) atoms. The van der Waals surface area contributed by atoms with Gasteiger partial charge in [-0.2, -0.15) is 0 Å². The Morgan fingerprint density at radius 3 is 1.75 bits per heavy atom. The van der Waals surface area contributed by atoms with E-state index in [1.807, 2.05) is 27.7 Å². The molecule has 0 atom stereocenters. The molecule has 0 unspecified atom stereocenters. The summed E-state index contributed by atoms with van der Waals surface area (Å²) in [5.41, 5.74) is 13.9. The van der Waals surface area contributed by atoms with E-state index in [0.29, 0.717) is 5.76 Å². The first-order valence-corrected chi connectivity index (χ1v) is 21.5. The van der Waals surface area contributed by atoms with E-state index in [4.69, 9.17) is 4.42 Å². The number of nitrogens with zero attached hydrogens (tertiary/aromatic N) is 2. The summed E-state index contributed by atoms with van der Waals surface area (Å²) in [5, 5.41) is 0. The highest BCUT2D eigenvalue weighted by molar-refractivity contribution is 6.99. The van der Waals surface area contributed by atoms with Crippen LogP contribution in [0.5, 0.6) is 0 Å². The molecule has 3 aliphatic rings. The lowest BCUT2D eigenvalue weighted by atomic mass is 9.35. The second-order valence-electron chi connectivity index (χ2n) is 21.5. The highest BCUT2D eigenvalue weighted by Gasteiger charge is 2.52. The third-order valence-electron chi connectivity index (χ3n) is 13.0. The summed E-state index contributed by atoms with van der Waals surface area (Å²) < 4.78 is 45.8. The Kier molecular flexibility index (Phi) is 7.69. The van der Waals surface area contributed by atoms with Crippen LogP contribution in [0.4, 0.5) is 34.1 Å². The average molecular weight is 783 g/mol. The maximum absolute atomic E-state index is 9.67. The number of hydrogen-bond donors (Lipinski definition) is 0. The van der Waals surface area contributed by atoms with Crippen molar-refractivity contribution in [2.75, 3.05) is 9.80 Å². The Morgan fingerprint density at radius 2 is 1.14 bits per heavy atom. The SMILES string of the molecule is [2H]C1([2H])C(C)(C)c2oc3c(c2C(C)(C)C1([2H])[2H])N(c1ccc(C(C)(C)C)cc1)c1cc(C)cc2c1B3c1cc(C(C)(C)C)ccc1N2c1ccc(C(C)(C)C)cc1-c1ccccc1. The Morgan fingerprint density at radius 1 is 0.593 bits per heavy atom. The van der Waals surface area contributed by atoms with Gasteiger partial charge < -0.3 is 14.2 Å². The fourth-order valence-corrected chi connectivity index (χ4v) is 9.55. The lowest BCUT2D eigenvalue weighted by Crippen LogP contribution is -2.61. The molecule has 1 aliphatic carbocycles. The van der Waals surface area contributed by atoms with Crippen molar-refractivity contribution in [3.8, 4) is 11.1 Å². The molecule has 5 aromatic carbocycles. The van der Waals surface area contributed by atoms with Gasteiger partial charge >= 0.3 is 0 Å². The molecule has 0 saturated heterocycles. The molecule has 0 spiro atoms. The summed E-state index contributed by atoms with van der Waals surface area (Å²) >= 11 is 0. The molecule has 6 aromatic rings. The van der Waals surface area contributed by atoms with Gasteiger partial charge in [0.05, 0.1) is 17.0 Å². The number of rotatable bonds is 3. The van der Waals surface area contributed by atoms with Crippen LogP contribution in [0, 0.1) is 6.92 Å². The molecule has 0 radical (unpaired) electrons. The lowest BCUT2D eigenvalue weighted by Gasteiger charge is -2.45. The number of hydrogen-bond acceptors (Lipinski definition) is 3. The van der Waals surface area contributed by atoms with Gasteiger partial charge in [0, 0.05) is 44.8 Å². The van der Waals surface area contributed by atoms with Crippen LogP contribution < -0.4 is 26.4 Å². The maximum Gasteiger partial charge on any atom is 0.297 e. The smallest absolute Gasteiger partial charge is 0.297 e. The molecule has 0 amide bonds. The standard InChI is InChI=1S/C55H63BN2O/c1-34-30-44-47-45(31-34)58(42-26-22-37(52(5,6)7)32-40(42)35-18-16-15-17-19-35)43-27-23-38(53(8,9)10)33-41(43)56(47)50-48(46-49(59-50)55(13,14)29-28-54(46,11)12)57(44)39-24-20-36(21-25-39)51(2,3)4/h15-27,30-33H,28-29H2,1-14H3/i28D2,29D2. The van der Waals surface area contributed by atoms with Crippen LogP contribution in [0.25, 0.3) is 11.1 Å². The minimum atomic E-state index is -2.25. The molecular weight excluding hydrogens is 715 g/mol. The molecule has 2 aliphatic heterocycles.